The quantitative estimate of drug-likeness (QED) is 0.742. The number of fused-ring (bicyclic) bond motifs is 1. The van der Waals surface area contributed by atoms with Crippen molar-refractivity contribution in [3.05, 3.63) is 29.8 Å². The van der Waals surface area contributed by atoms with Gasteiger partial charge in [-0.25, -0.2) is 0 Å². The summed E-state index contributed by atoms with van der Waals surface area (Å²) >= 11 is 0. The Morgan fingerprint density at radius 2 is 2.04 bits per heavy atom. The van der Waals surface area contributed by atoms with E-state index >= 15 is 0 Å². The average Bonchev–Trinajstić information content (AvgIpc) is 3.29. The molecule has 1 aromatic rings. The van der Waals surface area contributed by atoms with Crippen molar-refractivity contribution < 1.29 is 22.7 Å². The van der Waals surface area contributed by atoms with Crippen molar-refractivity contribution >= 4 is 27.7 Å². The highest BCUT2D eigenvalue weighted by molar-refractivity contribution is 7.90. The summed E-state index contributed by atoms with van der Waals surface area (Å²) in [7, 11) is -2.19. The number of hydrogen-bond acceptors (Lipinski definition) is 6. The first-order valence-corrected chi connectivity index (χ1v) is 8.91. The van der Waals surface area contributed by atoms with Gasteiger partial charge in [-0.15, -0.1) is 4.40 Å². The summed E-state index contributed by atoms with van der Waals surface area (Å²) in [6.07, 6.45) is 1.91. The zero-order valence-electron chi connectivity index (χ0n) is 13.1. The van der Waals surface area contributed by atoms with E-state index in [1.54, 1.807) is 25.2 Å². The lowest BCUT2D eigenvalue weighted by Crippen LogP contribution is -2.35. The molecule has 1 aliphatic carbocycles. The zero-order chi connectivity index (χ0) is 17.3. The lowest BCUT2D eigenvalue weighted by Gasteiger charge is -2.17. The van der Waals surface area contributed by atoms with Gasteiger partial charge < -0.3 is 15.0 Å². The molecule has 2 aliphatic rings. The standard InChI is InChI=1S/C15H17N3O5S/c1-18(8-14(20)23-9-13(19)16-10-6-7-10)15-11-4-2-3-5-12(11)24(21,22)17-15/h2-5,10H,6-9H2,1H3,(H,16,19). The average molecular weight is 351 g/mol. The molecule has 0 unspecified atom stereocenters. The van der Waals surface area contributed by atoms with Crippen molar-refractivity contribution in [3.63, 3.8) is 0 Å². The minimum Gasteiger partial charge on any atom is -0.454 e. The number of sulfonamides is 1. The van der Waals surface area contributed by atoms with Crippen LogP contribution in [-0.4, -0.2) is 57.3 Å². The lowest BCUT2D eigenvalue weighted by atomic mass is 10.2. The maximum absolute atomic E-state index is 12.0. The van der Waals surface area contributed by atoms with E-state index in [0.29, 0.717) is 5.56 Å². The van der Waals surface area contributed by atoms with E-state index in [1.807, 2.05) is 0 Å². The van der Waals surface area contributed by atoms with Crippen LogP contribution < -0.4 is 5.32 Å². The van der Waals surface area contributed by atoms with Crippen LogP contribution in [0.25, 0.3) is 0 Å². The topological polar surface area (TPSA) is 105 Å². The molecule has 0 aromatic heterocycles. The van der Waals surface area contributed by atoms with Gasteiger partial charge in [0.05, 0.1) is 0 Å². The number of likely N-dealkylation sites (N-methyl/N-ethyl adjacent to an activating group) is 1. The van der Waals surface area contributed by atoms with Gasteiger partial charge in [-0.3, -0.25) is 9.59 Å². The molecule has 0 atom stereocenters. The number of carbonyl (C=O) groups is 2. The molecule has 3 rings (SSSR count). The van der Waals surface area contributed by atoms with Gasteiger partial charge in [-0.2, -0.15) is 8.42 Å². The summed E-state index contributed by atoms with van der Waals surface area (Å²) in [6.45, 7) is -0.552. The van der Waals surface area contributed by atoms with Gasteiger partial charge in [0.2, 0.25) is 0 Å². The van der Waals surface area contributed by atoms with Crippen LogP contribution in [0.1, 0.15) is 18.4 Å². The summed E-state index contributed by atoms with van der Waals surface area (Å²) in [4.78, 5) is 24.8. The molecule has 1 saturated carbocycles. The highest BCUT2D eigenvalue weighted by Crippen LogP contribution is 2.26. The second-order valence-electron chi connectivity index (χ2n) is 5.74. The van der Waals surface area contributed by atoms with Crippen molar-refractivity contribution in [2.75, 3.05) is 20.2 Å². The van der Waals surface area contributed by atoms with Gasteiger partial charge in [0.25, 0.3) is 15.9 Å². The molecular formula is C15H17N3O5S. The number of carbonyl (C=O) groups excluding carboxylic acids is 2. The maximum atomic E-state index is 12.0. The van der Waals surface area contributed by atoms with E-state index in [1.165, 1.54) is 11.0 Å². The number of benzene rings is 1. The lowest BCUT2D eigenvalue weighted by molar-refractivity contribution is -0.148. The fourth-order valence-corrected chi connectivity index (χ4v) is 3.57. The number of hydrogen-bond donors (Lipinski definition) is 1. The number of ether oxygens (including phenoxy) is 1. The second-order valence-corrected chi connectivity index (χ2v) is 7.32. The van der Waals surface area contributed by atoms with Gasteiger partial charge in [-0.1, -0.05) is 12.1 Å². The predicted octanol–water partition coefficient (Wildman–Crippen LogP) is -0.111. The normalized spacial score (nSPS) is 17.6. The molecule has 1 N–H and O–H groups in total. The molecule has 1 aliphatic heterocycles. The third-order valence-electron chi connectivity index (χ3n) is 3.65. The van der Waals surface area contributed by atoms with Gasteiger partial charge in [0.15, 0.2) is 12.4 Å². The molecule has 24 heavy (non-hydrogen) atoms. The SMILES string of the molecule is CN(CC(=O)OCC(=O)NC1CC1)C1=NS(=O)(=O)c2ccccc21. The van der Waals surface area contributed by atoms with Crippen LogP contribution >= 0.6 is 0 Å². The molecule has 0 saturated heterocycles. The number of amides is 1. The van der Waals surface area contributed by atoms with Gasteiger partial charge >= 0.3 is 5.97 Å². The maximum Gasteiger partial charge on any atom is 0.326 e. The van der Waals surface area contributed by atoms with E-state index in [4.69, 9.17) is 4.74 Å². The smallest absolute Gasteiger partial charge is 0.326 e. The van der Waals surface area contributed by atoms with Crippen LogP contribution in [0.4, 0.5) is 0 Å². The summed E-state index contributed by atoms with van der Waals surface area (Å²) < 4.78 is 32.6. The number of nitrogens with one attached hydrogen (secondary N) is 1. The zero-order valence-corrected chi connectivity index (χ0v) is 13.9. The Morgan fingerprint density at radius 3 is 2.75 bits per heavy atom. The molecule has 0 bridgehead atoms. The fourth-order valence-electron chi connectivity index (χ4n) is 2.32. The first kappa shape index (κ1) is 16.4. The Hall–Kier alpha value is -2.42. The van der Waals surface area contributed by atoms with Crippen LogP contribution in [0.5, 0.6) is 0 Å². The molecule has 1 aromatic carbocycles. The summed E-state index contributed by atoms with van der Waals surface area (Å²) in [5, 5.41) is 2.71. The monoisotopic (exact) mass is 351 g/mol. The molecule has 8 nitrogen and oxygen atoms in total. The van der Waals surface area contributed by atoms with E-state index < -0.39 is 16.0 Å². The van der Waals surface area contributed by atoms with Crippen LogP contribution in [-0.2, 0) is 24.3 Å². The largest absolute Gasteiger partial charge is 0.454 e. The minimum atomic E-state index is -3.74. The molecule has 0 spiro atoms. The summed E-state index contributed by atoms with van der Waals surface area (Å²) in [5.41, 5.74) is 0.444. The van der Waals surface area contributed by atoms with Gasteiger partial charge in [0, 0.05) is 18.7 Å². The number of nitrogens with zero attached hydrogens (tertiary/aromatic N) is 2. The second kappa shape index (κ2) is 6.23. The van der Waals surface area contributed by atoms with E-state index in [-0.39, 0.29) is 35.8 Å². The third kappa shape index (κ3) is 3.56. The first-order chi connectivity index (χ1) is 11.4. The summed E-state index contributed by atoms with van der Waals surface area (Å²) in [6, 6.07) is 6.61. The number of rotatable bonds is 5. The van der Waals surface area contributed by atoms with Crippen molar-refractivity contribution in [2.24, 2.45) is 4.40 Å². The highest BCUT2D eigenvalue weighted by atomic mass is 32.2. The Bertz CT molecular complexity index is 814. The first-order valence-electron chi connectivity index (χ1n) is 7.47. The third-order valence-corrected chi connectivity index (χ3v) is 4.97. The molecule has 9 heteroatoms. The predicted molar refractivity (Wildman–Crippen MR) is 84.9 cm³/mol. The van der Waals surface area contributed by atoms with Crippen LogP contribution in [0.3, 0.4) is 0 Å². The van der Waals surface area contributed by atoms with Crippen molar-refractivity contribution in [3.8, 4) is 0 Å². The Balaban J connectivity index is 1.59. The Kier molecular flexibility index (Phi) is 4.27. The van der Waals surface area contributed by atoms with Crippen molar-refractivity contribution in [2.45, 2.75) is 23.8 Å². The molecule has 1 amide bonds. The number of esters is 1. The molecule has 0 radical (unpaired) electrons. The summed E-state index contributed by atoms with van der Waals surface area (Å²) in [5.74, 6) is -0.780. The fraction of sp³-hybridized carbons (Fsp3) is 0.400. The van der Waals surface area contributed by atoms with E-state index in [0.717, 1.165) is 12.8 Å². The van der Waals surface area contributed by atoms with Gasteiger partial charge in [0.1, 0.15) is 11.4 Å². The Labute approximate surface area is 139 Å². The highest BCUT2D eigenvalue weighted by Gasteiger charge is 2.31. The van der Waals surface area contributed by atoms with Crippen molar-refractivity contribution in [1.29, 1.82) is 0 Å². The van der Waals surface area contributed by atoms with Gasteiger partial charge in [-0.05, 0) is 25.0 Å². The minimum absolute atomic E-state index is 0.115. The Morgan fingerprint density at radius 1 is 1.33 bits per heavy atom. The van der Waals surface area contributed by atoms with E-state index in [2.05, 4.69) is 9.71 Å². The number of amidine groups is 1. The molecule has 128 valence electrons. The van der Waals surface area contributed by atoms with Crippen LogP contribution in [0.15, 0.2) is 33.6 Å². The van der Waals surface area contributed by atoms with Crippen LogP contribution in [0.2, 0.25) is 0 Å². The molecule has 1 fully saturated rings. The van der Waals surface area contributed by atoms with Crippen molar-refractivity contribution in [1.82, 2.24) is 10.2 Å². The van der Waals surface area contributed by atoms with Crippen LogP contribution in [0, 0.1) is 0 Å². The molecule has 1 heterocycles. The van der Waals surface area contributed by atoms with E-state index in [9.17, 15) is 18.0 Å². The molecular weight excluding hydrogens is 334 g/mol.